The van der Waals surface area contributed by atoms with Crippen molar-refractivity contribution >= 4 is 0 Å². The maximum atomic E-state index is 9.59. The van der Waals surface area contributed by atoms with Crippen LogP contribution < -0.4 is 5.32 Å². The number of likely N-dealkylation sites (tertiary alicyclic amines) is 1. The first-order valence-corrected chi connectivity index (χ1v) is 7.37. The van der Waals surface area contributed by atoms with Crippen LogP contribution in [0.15, 0.2) is 0 Å². The van der Waals surface area contributed by atoms with Gasteiger partial charge in [0.2, 0.25) is 0 Å². The molecule has 0 aromatic heterocycles. The fourth-order valence-electron chi connectivity index (χ4n) is 3.43. The lowest BCUT2D eigenvalue weighted by Gasteiger charge is -2.37. The van der Waals surface area contributed by atoms with Crippen LogP contribution in [0.25, 0.3) is 0 Å². The summed E-state index contributed by atoms with van der Waals surface area (Å²) in [6.07, 6.45) is 6.13. The second-order valence-electron chi connectivity index (χ2n) is 5.99. The average Bonchev–Trinajstić information content (AvgIpc) is 2.70. The zero-order valence-electron chi connectivity index (χ0n) is 11.7. The highest BCUT2D eigenvalue weighted by Gasteiger charge is 2.37. The molecule has 0 aromatic carbocycles. The van der Waals surface area contributed by atoms with Gasteiger partial charge in [-0.25, -0.2) is 0 Å². The van der Waals surface area contributed by atoms with Gasteiger partial charge >= 0.3 is 0 Å². The number of nitrogens with one attached hydrogen (secondary N) is 1. The number of aliphatic hydroxyl groups is 1. The molecule has 18 heavy (non-hydrogen) atoms. The lowest BCUT2D eigenvalue weighted by atomic mass is 9.86. The molecule has 2 N–H and O–H groups in total. The summed E-state index contributed by atoms with van der Waals surface area (Å²) in [5, 5.41) is 12.9. The predicted molar refractivity (Wildman–Crippen MR) is 72.7 cm³/mol. The molecule has 106 valence electrons. The van der Waals surface area contributed by atoms with Gasteiger partial charge in [-0.3, -0.25) is 4.90 Å². The first kappa shape index (κ1) is 14.3. The van der Waals surface area contributed by atoms with Crippen LogP contribution in [0.1, 0.15) is 32.1 Å². The van der Waals surface area contributed by atoms with Gasteiger partial charge in [0.15, 0.2) is 0 Å². The van der Waals surface area contributed by atoms with E-state index in [4.69, 9.17) is 4.74 Å². The summed E-state index contributed by atoms with van der Waals surface area (Å²) in [6, 6.07) is 0.363. The van der Waals surface area contributed by atoms with E-state index in [0.29, 0.717) is 12.6 Å². The molecule has 2 aliphatic rings. The summed E-state index contributed by atoms with van der Waals surface area (Å²) in [6.45, 7) is 5.27. The van der Waals surface area contributed by atoms with Crippen LogP contribution in [0.2, 0.25) is 0 Å². The molecule has 2 heterocycles. The van der Waals surface area contributed by atoms with Crippen LogP contribution in [-0.4, -0.2) is 62.6 Å². The molecule has 2 aliphatic heterocycles. The normalized spacial score (nSPS) is 34.7. The van der Waals surface area contributed by atoms with Crippen molar-refractivity contribution in [3.05, 3.63) is 0 Å². The molecule has 0 bridgehead atoms. The van der Waals surface area contributed by atoms with Gasteiger partial charge in [-0.15, -0.1) is 0 Å². The maximum absolute atomic E-state index is 9.59. The van der Waals surface area contributed by atoms with Gasteiger partial charge in [-0.05, 0) is 32.9 Å². The fraction of sp³-hybridized carbons (Fsp3) is 1.00. The second-order valence-corrected chi connectivity index (χ2v) is 5.99. The van der Waals surface area contributed by atoms with E-state index in [1.54, 1.807) is 0 Å². The Morgan fingerprint density at radius 3 is 2.94 bits per heavy atom. The molecule has 2 fully saturated rings. The molecule has 2 unspecified atom stereocenters. The minimum atomic E-state index is 0.256. The topological polar surface area (TPSA) is 44.7 Å². The summed E-state index contributed by atoms with van der Waals surface area (Å²) in [4.78, 5) is 2.51. The number of nitrogens with zero attached hydrogens (tertiary/aromatic N) is 1. The van der Waals surface area contributed by atoms with E-state index in [9.17, 15) is 5.11 Å². The van der Waals surface area contributed by atoms with Gasteiger partial charge in [-0.1, -0.05) is 12.8 Å². The van der Waals surface area contributed by atoms with Crippen molar-refractivity contribution < 1.29 is 9.84 Å². The van der Waals surface area contributed by atoms with Crippen LogP contribution in [0.5, 0.6) is 0 Å². The molecule has 0 radical (unpaired) electrons. The molecule has 0 aliphatic carbocycles. The highest BCUT2D eigenvalue weighted by Crippen LogP contribution is 2.31. The Hall–Kier alpha value is -0.160. The fourth-order valence-corrected chi connectivity index (χ4v) is 3.43. The van der Waals surface area contributed by atoms with Gasteiger partial charge in [0, 0.05) is 31.2 Å². The van der Waals surface area contributed by atoms with E-state index < -0.39 is 0 Å². The standard InChI is InChI=1S/C14H28N2O2/c1-15-10-14(6-8-18-12-14)11-16-7-4-2-3-5-13(16)9-17/h13,15,17H,2-12H2,1H3. The van der Waals surface area contributed by atoms with Gasteiger partial charge < -0.3 is 15.2 Å². The molecule has 4 nitrogen and oxygen atoms in total. The number of hydrogen-bond donors (Lipinski definition) is 2. The Morgan fingerprint density at radius 1 is 1.39 bits per heavy atom. The first-order valence-electron chi connectivity index (χ1n) is 7.37. The van der Waals surface area contributed by atoms with E-state index in [-0.39, 0.29) is 5.41 Å². The lowest BCUT2D eigenvalue weighted by Crippen LogP contribution is -2.48. The number of hydrogen-bond acceptors (Lipinski definition) is 4. The predicted octanol–water partition coefficient (Wildman–Crippen LogP) is 0.849. The van der Waals surface area contributed by atoms with E-state index in [1.165, 1.54) is 19.3 Å². The SMILES string of the molecule is CNCC1(CN2CCCCCC2CO)CCOC1. The van der Waals surface area contributed by atoms with Crippen molar-refractivity contribution in [1.82, 2.24) is 10.2 Å². The van der Waals surface area contributed by atoms with Gasteiger partial charge in [-0.2, -0.15) is 0 Å². The Balaban J connectivity index is 1.99. The summed E-state index contributed by atoms with van der Waals surface area (Å²) in [7, 11) is 2.02. The molecular formula is C14H28N2O2. The Bertz CT molecular complexity index is 242. The van der Waals surface area contributed by atoms with Gasteiger partial charge in [0.05, 0.1) is 13.2 Å². The van der Waals surface area contributed by atoms with Gasteiger partial charge in [0.25, 0.3) is 0 Å². The van der Waals surface area contributed by atoms with Crippen molar-refractivity contribution in [2.24, 2.45) is 5.41 Å². The van der Waals surface area contributed by atoms with Crippen molar-refractivity contribution in [3.8, 4) is 0 Å². The second kappa shape index (κ2) is 6.85. The monoisotopic (exact) mass is 256 g/mol. The van der Waals surface area contributed by atoms with Crippen molar-refractivity contribution in [2.45, 2.75) is 38.1 Å². The summed E-state index contributed by atoms with van der Waals surface area (Å²) >= 11 is 0. The van der Waals surface area contributed by atoms with Crippen LogP contribution in [-0.2, 0) is 4.74 Å². The summed E-state index contributed by atoms with van der Waals surface area (Å²) in [5.74, 6) is 0. The van der Waals surface area contributed by atoms with Crippen LogP contribution in [0, 0.1) is 5.41 Å². The molecule has 0 spiro atoms. The lowest BCUT2D eigenvalue weighted by molar-refractivity contribution is 0.0631. The quantitative estimate of drug-likeness (QED) is 0.765. The maximum Gasteiger partial charge on any atom is 0.0586 e. The zero-order chi connectivity index (χ0) is 12.8. The van der Waals surface area contributed by atoms with E-state index >= 15 is 0 Å². The summed E-state index contributed by atoms with van der Waals surface area (Å²) < 4.78 is 5.63. The third kappa shape index (κ3) is 3.44. The zero-order valence-corrected chi connectivity index (χ0v) is 11.7. The minimum absolute atomic E-state index is 0.256. The highest BCUT2D eigenvalue weighted by molar-refractivity contribution is 4.90. The third-order valence-electron chi connectivity index (χ3n) is 4.49. The first-order chi connectivity index (χ1) is 8.79. The molecule has 2 rings (SSSR count). The van der Waals surface area contributed by atoms with Crippen LogP contribution in [0.3, 0.4) is 0 Å². The molecule has 0 aromatic rings. The molecule has 0 saturated carbocycles. The molecule has 2 saturated heterocycles. The molecule has 2 atom stereocenters. The Morgan fingerprint density at radius 2 is 2.28 bits per heavy atom. The third-order valence-corrected chi connectivity index (χ3v) is 4.49. The van der Waals surface area contributed by atoms with E-state index in [0.717, 1.165) is 45.7 Å². The van der Waals surface area contributed by atoms with Gasteiger partial charge in [0.1, 0.15) is 0 Å². The molecule has 4 heteroatoms. The Kier molecular flexibility index (Phi) is 5.42. The Labute approximate surface area is 111 Å². The van der Waals surface area contributed by atoms with E-state index in [2.05, 4.69) is 10.2 Å². The number of ether oxygens (including phenoxy) is 1. The summed E-state index contributed by atoms with van der Waals surface area (Å²) in [5.41, 5.74) is 0.256. The van der Waals surface area contributed by atoms with Crippen molar-refractivity contribution in [2.75, 3.05) is 46.5 Å². The number of aliphatic hydroxyl groups excluding tert-OH is 1. The van der Waals surface area contributed by atoms with Crippen molar-refractivity contribution in [1.29, 1.82) is 0 Å². The average molecular weight is 256 g/mol. The highest BCUT2D eigenvalue weighted by atomic mass is 16.5. The smallest absolute Gasteiger partial charge is 0.0586 e. The molecule has 0 amide bonds. The van der Waals surface area contributed by atoms with Crippen LogP contribution >= 0.6 is 0 Å². The number of rotatable bonds is 5. The van der Waals surface area contributed by atoms with E-state index in [1.807, 2.05) is 7.05 Å². The minimum Gasteiger partial charge on any atom is -0.395 e. The van der Waals surface area contributed by atoms with Crippen LogP contribution in [0.4, 0.5) is 0 Å². The van der Waals surface area contributed by atoms with Crippen molar-refractivity contribution in [3.63, 3.8) is 0 Å². The molecular weight excluding hydrogens is 228 g/mol. The largest absolute Gasteiger partial charge is 0.395 e.